The van der Waals surface area contributed by atoms with Crippen LogP contribution in [0.1, 0.15) is 38.6 Å². The van der Waals surface area contributed by atoms with Crippen LogP contribution in [0.4, 0.5) is 0 Å². The molecule has 1 heterocycles. The van der Waals surface area contributed by atoms with Crippen LogP contribution in [-0.2, 0) is 13.0 Å². The van der Waals surface area contributed by atoms with Gasteiger partial charge in [-0.3, -0.25) is 4.68 Å². The molecule has 0 aromatic carbocycles. The number of hydrogen-bond acceptors (Lipinski definition) is 2. The van der Waals surface area contributed by atoms with Gasteiger partial charge in [0.05, 0.1) is 5.69 Å². The van der Waals surface area contributed by atoms with Crippen LogP contribution >= 0.6 is 0 Å². The SMILES string of the molecule is CCn1nc(C)cc1CC=CCCNCC(C)C. The van der Waals surface area contributed by atoms with E-state index in [-0.39, 0.29) is 0 Å². The molecule has 0 amide bonds. The first kappa shape index (κ1) is 15.0. The topological polar surface area (TPSA) is 29.9 Å². The van der Waals surface area contributed by atoms with Gasteiger partial charge in [-0.15, -0.1) is 0 Å². The second-order valence-corrected chi connectivity index (χ2v) is 5.15. The number of aryl methyl sites for hydroxylation is 2. The molecule has 0 aliphatic carbocycles. The van der Waals surface area contributed by atoms with Gasteiger partial charge in [0, 0.05) is 18.7 Å². The van der Waals surface area contributed by atoms with Crippen LogP contribution in [0.5, 0.6) is 0 Å². The molecule has 0 atom stereocenters. The van der Waals surface area contributed by atoms with E-state index in [4.69, 9.17) is 0 Å². The van der Waals surface area contributed by atoms with Crippen LogP contribution in [0.15, 0.2) is 18.2 Å². The molecule has 1 aromatic heterocycles. The summed E-state index contributed by atoms with van der Waals surface area (Å²) in [5.41, 5.74) is 2.42. The Bertz CT molecular complexity index is 364. The van der Waals surface area contributed by atoms with E-state index >= 15 is 0 Å². The molecule has 0 saturated heterocycles. The Balaban J connectivity index is 2.23. The lowest BCUT2D eigenvalue weighted by Crippen LogP contribution is -2.20. The summed E-state index contributed by atoms with van der Waals surface area (Å²) < 4.78 is 2.08. The van der Waals surface area contributed by atoms with Crippen molar-refractivity contribution in [3.05, 3.63) is 29.6 Å². The molecular formula is C15H27N3. The second kappa shape index (κ2) is 8.09. The molecule has 0 bridgehead atoms. The Morgan fingerprint density at radius 1 is 1.39 bits per heavy atom. The maximum atomic E-state index is 4.45. The molecule has 3 nitrogen and oxygen atoms in total. The quantitative estimate of drug-likeness (QED) is 0.567. The van der Waals surface area contributed by atoms with E-state index in [0.717, 1.165) is 44.1 Å². The highest BCUT2D eigenvalue weighted by Crippen LogP contribution is 2.05. The smallest absolute Gasteiger partial charge is 0.0596 e. The molecule has 18 heavy (non-hydrogen) atoms. The first-order valence-corrected chi connectivity index (χ1v) is 7.02. The van der Waals surface area contributed by atoms with Gasteiger partial charge in [-0.2, -0.15) is 5.10 Å². The molecule has 1 N–H and O–H groups in total. The van der Waals surface area contributed by atoms with E-state index in [9.17, 15) is 0 Å². The lowest BCUT2D eigenvalue weighted by atomic mass is 10.2. The van der Waals surface area contributed by atoms with E-state index in [2.05, 4.69) is 61.0 Å². The summed E-state index contributed by atoms with van der Waals surface area (Å²) in [7, 11) is 0. The molecule has 0 saturated carbocycles. The van der Waals surface area contributed by atoms with Crippen molar-refractivity contribution in [2.75, 3.05) is 13.1 Å². The van der Waals surface area contributed by atoms with Gasteiger partial charge < -0.3 is 5.32 Å². The third-order valence-electron chi connectivity index (χ3n) is 2.82. The molecule has 0 spiro atoms. The number of aromatic nitrogens is 2. The molecule has 3 heteroatoms. The average Bonchev–Trinajstić information content (AvgIpc) is 2.68. The lowest BCUT2D eigenvalue weighted by molar-refractivity contribution is 0.556. The van der Waals surface area contributed by atoms with Crippen molar-refractivity contribution in [3.8, 4) is 0 Å². The molecular weight excluding hydrogens is 222 g/mol. The molecule has 0 unspecified atom stereocenters. The van der Waals surface area contributed by atoms with Gasteiger partial charge in [-0.25, -0.2) is 0 Å². The molecule has 0 radical (unpaired) electrons. The maximum Gasteiger partial charge on any atom is 0.0596 e. The Morgan fingerprint density at radius 3 is 2.83 bits per heavy atom. The number of nitrogens with zero attached hydrogens (tertiary/aromatic N) is 2. The normalized spacial score (nSPS) is 11.8. The van der Waals surface area contributed by atoms with Crippen LogP contribution in [0.2, 0.25) is 0 Å². The minimum absolute atomic E-state index is 0.732. The van der Waals surface area contributed by atoms with Gasteiger partial charge in [-0.05, 0) is 45.3 Å². The van der Waals surface area contributed by atoms with Crippen LogP contribution in [0, 0.1) is 12.8 Å². The number of rotatable bonds is 8. The first-order chi connectivity index (χ1) is 8.63. The number of allylic oxidation sites excluding steroid dienone is 1. The molecule has 0 aliphatic rings. The molecule has 102 valence electrons. The van der Waals surface area contributed by atoms with Crippen LogP contribution in [0.25, 0.3) is 0 Å². The monoisotopic (exact) mass is 249 g/mol. The van der Waals surface area contributed by atoms with Crippen molar-refractivity contribution >= 4 is 0 Å². The molecule has 0 fully saturated rings. The average molecular weight is 249 g/mol. The summed E-state index contributed by atoms with van der Waals surface area (Å²) in [4.78, 5) is 0. The van der Waals surface area contributed by atoms with E-state index in [0.29, 0.717) is 0 Å². The molecule has 1 rings (SSSR count). The second-order valence-electron chi connectivity index (χ2n) is 5.15. The Kier molecular flexibility index (Phi) is 6.73. The van der Waals surface area contributed by atoms with Crippen LogP contribution in [-0.4, -0.2) is 22.9 Å². The zero-order valence-corrected chi connectivity index (χ0v) is 12.2. The predicted molar refractivity (Wildman–Crippen MR) is 77.8 cm³/mol. The van der Waals surface area contributed by atoms with Gasteiger partial charge in [0.25, 0.3) is 0 Å². The Hall–Kier alpha value is -1.09. The minimum Gasteiger partial charge on any atom is -0.316 e. The fourth-order valence-electron chi connectivity index (χ4n) is 1.94. The van der Waals surface area contributed by atoms with Crippen molar-refractivity contribution < 1.29 is 0 Å². The van der Waals surface area contributed by atoms with Gasteiger partial charge in [0.2, 0.25) is 0 Å². The first-order valence-electron chi connectivity index (χ1n) is 7.02. The summed E-state index contributed by atoms with van der Waals surface area (Å²) >= 11 is 0. The van der Waals surface area contributed by atoms with Crippen molar-refractivity contribution in [2.24, 2.45) is 5.92 Å². The van der Waals surface area contributed by atoms with E-state index in [1.54, 1.807) is 0 Å². The Morgan fingerprint density at radius 2 is 2.17 bits per heavy atom. The summed E-state index contributed by atoms with van der Waals surface area (Å²) in [6.45, 7) is 11.8. The third kappa shape index (κ3) is 5.50. The van der Waals surface area contributed by atoms with Crippen molar-refractivity contribution in [1.29, 1.82) is 0 Å². The van der Waals surface area contributed by atoms with Gasteiger partial charge in [0.15, 0.2) is 0 Å². The predicted octanol–water partition coefficient (Wildman–Crippen LogP) is 2.95. The fourth-order valence-corrected chi connectivity index (χ4v) is 1.94. The van der Waals surface area contributed by atoms with E-state index in [1.165, 1.54) is 5.69 Å². The molecule has 1 aromatic rings. The zero-order valence-electron chi connectivity index (χ0n) is 12.2. The molecule has 0 aliphatic heterocycles. The van der Waals surface area contributed by atoms with E-state index < -0.39 is 0 Å². The highest BCUT2D eigenvalue weighted by atomic mass is 15.3. The van der Waals surface area contributed by atoms with Gasteiger partial charge in [-0.1, -0.05) is 26.0 Å². The minimum atomic E-state index is 0.732. The summed E-state index contributed by atoms with van der Waals surface area (Å²) in [6.07, 6.45) is 6.60. The number of hydrogen-bond donors (Lipinski definition) is 1. The third-order valence-corrected chi connectivity index (χ3v) is 2.82. The van der Waals surface area contributed by atoms with Crippen LogP contribution < -0.4 is 5.32 Å². The zero-order chi connectivity index (χ0) is 13.4. The standard InChI is InChI=1S/C15H27N3/c1-5-18-15(11-14(4)17-18)9-7-6-8-10-16-12-13(2)3/h6-7,11,13,16H,5,8-10,12H2,1-4H3. The van der Waals surface area contributed by atoms with Crippen LogP contribution in [0.3, 0.4) is 0 Å². The number of nitrogens with one attached hydrogen (secondary N) is 1. The van der Waals surface area contributed by atoms with Crippen molar-refractivity contribution in [2.45, 2.75) is 47.1 Å². The van der Waals surface area contributed by atoms with Gasteiger partial charge in [0.1, 0.15) is 0 Å². The fraction of sp³-hybridized carbons (Fsp3) is 0.667. The van der Waals surface area contributed by atoms with E-state index in [1.807, 2.05) is 0 Å². The summed E-state index contributed by atoms with van der Waals surface area (Å²) in [5.74, 6) is 0.732. The largest absolute Gasteiger partial charge is 0.316 e. The Labute approximate surface area is 111 Å². The van der Waals surface area contributed by atoms with Crippen molar-refractivity contribution in [1.82, 2.24) is 15.1 Å². The lowest BCUT2D eigenvalue weighted by Gasteiger charge is -2.05. The highest BCUT2D eigenvalue weighted by Gasteiger charge is 2.00. The van der Waals surface area contributed by atoms with Gasteiger partial charge >= 0.3 is 0 Å². The summed E-state index contributed by atoms with van der Waals surface area (Å²) in [6, 6.07) is 2.17. The maximum absolute atomic E-state index is 4.45. The summed E-state index contributed by atoms with van der Waals surface area (Å²) in [5, 5.41) is 7.89. The highest BCUT2D eigenvalue weighted by molar-refractivity contribution is 5.12. The van der Waals surface area contributed by atoms with Crippen molar-refractivity contribution in [3.63, 3.8) is 0 Å².